The van der Waals surface area contributed by atoms with Crippen LogP contribution >= 0.6 is 11.6 Å². The molecule has 1 saturated carbocycles. The van der Waals surface area contributed by atoms with Crippen LogP contribution in [0.1, 0.15) is 44.5 Å². The Kier molecular flexibility index (Phi) is 4.68. The van der Waals surface area contributed by atoms with E-state index in [9.17, 15) is 0 Å². The molecule has 1 aliphatic rings. The SMILES string of the molecule is CCNC(CCc1c(Cl)c(C)nn1CC)C1CC1. The largest absolute Gasteiger partial charge is 0.314 e. The topological polar surface area (TPSA) is 29.9 Å². The van der Waals surface area contributed by atoms with E-state index in [-0.39, 0.29) is 0 Å². The summed E-state index contributed by atoms with van der Waals surface area (Å²) in [5.41, 5.74) is 2.17. The van der Waals surface area contributed by atoms with Crippen molar-refractivity contribution in [2.45, 2.75) is 59.0 Å². The van der Waals surface area contributed by atoms with E-state index < -0.39 is 0 Å². The van der Waals surface area contributed by atoms with Crippen molar-refractivity contribution in [3.05, 3.63) is 16.4 Å². The average molecular weight is 270 g/mol. The van der Waals surface area contributed by atoms with Crippen LogP contribution in [0.4, 0.5) is 0 Å². The first kappa shape index (κ1) is 13.9. The van der Waals surface area contributed by atoms with Crippen molar-refractivity contribution in [2.24, 2.45) is 5.92 Å². The molecule has 1 aromatic heterocycles. The fraction of sp³-hybridized carbons (Fsp3) is 0.786. The molecule has 1 unspecified atom stereocenters. The highest BCUT2D eigenvalue weighted by Crippen LogP contribution is 2.35. The Morgan fingerprint density at radius 3 is 2.72 bits per heavy atom. The molecule has 0 spiro atoms. The van der Waals surface area contributed by atoms with E-state index in [1.54, 1.807) is 0 Å². The van der Waals surface area contributed by atoms with Crippen molar-refractivity contribution in [1.82, 2.24) is 15.1 Å². The van der Waals surface area contributed by atoms with Crippen LogP contribution in [0.15, 0.2) is 0 Å². The smallest absolute Gasteiger partial charge is 0.0847 e. The standard InChI is InChI=1S/C14H24ClN3/c1-4-16-12(11-6-7-11)8-9-13-14(15)10(3)17-18(13)5-2/h11-12,16H,4-9H2,1-3H3. The van der Waals surface area contributed by atoms with E-state index in [0.29, 0.717) is 6.04 Å². The summed E-state index contributed by atoms with van der Waals surface area (Å²) in [6, 6.07) is 0.659. The van der Waals surface area contributed by atoms with Crippen molar-refractivity contribution < 1.29 is 0 Å². The van der Waals surface area contributed by atoms with Gasteiger partial charge in [0.1, 0.15) is 0 Å². The monoisotopic (exact) mass is 269 g/mol. The molecule has 1 atom stereocenters. The van der Waals surface area contributed by atoms with Gasteiger partial charge in [0, 0.05) is 12.6 Å². The number of aromatic nitrogens is 2. The predicted molar refractivity (Wildman–Crippen MR) is 76.2 cm³/mol. The van der Waals surface area contributed by atoms with Crippen LogP contribution in [0.25, 0.3) is 0 Å². The van der Waals surface area contributed by atoms with Crippen molar-refractivity contribution >= 4 is 11.6 Å². The molecule has 1 fully saturated rings. The summed E-state index contributed by atoms with van der Waals surface area (Å²) in [4.78, 5) is 0. The van der Waals surface area contributed by atoms with Crippen molar-refractivity contribution in [3.63, 3.8) is 0 Å². The zero-order valence-corrected chi connectivity index (χ0v) is 12.4. The van der Waals surface area contributed by atoms with E-state index in [0.717, 1.165) is 36.1 Å². The second-order valence-electron chi connectivity index (χ2n) is 5.20. The Labute approximate surface area is 115 Å². The van der Waals surface area contributed by atoms with Gasteiger partial charge in [-0.1, -0.05) is 18.5 Å². The lowest BCUT2D eigenvalue weighted by Crippen LogP contribution is -2.31. The second-order valence-corrected chi connectivity index (χ2v) is 5.58. The van der Waals surface area contributed by atoms with Gasteiger partial charge in [0.2, 0.25) is 0 Å². The Morgan fingerprint density at radius 1 is 1.44 bits per heavy atom. The molecule has 0 saturated heterocycles. The molecule has 102 valence electrons. The molecule has 18 heavy (non-hydrogen) atoms. The summed E-state index contributed by atoms with van der Waals surface area (Å²) >= 11 is 6.34. The fourth-order valence-electron chi connectivity index (χ4n) is 2.67. The highest BCUT2D eigenvalue weighted by molar-refractivity contribution is 6.31. The molecule has 4 heteroatoms. The van der Waals surface area contributed by atoms with Crippen LogP contribution < -0.4 is 5.32 Å². The second kappa shape index (κ2) is 6.07. The number of nitrogens with zero attached hydrogens (tertiary/aromatic N) is 2. The number of aryl methyl sites for hydroxylation is 2. The highest BCUT2D eigenvalue weighted by atomic mass is 35.5. The van der Waals surface area contributed by atoms with Crippen LogP contribution in [-0.2, 0) is 13.0 Å². The molecule has 1 aromatic rings. The number of nitrogens with one attached hydrogen (secondary N) is 1. The van der Waals surface area contributed by atoms with E-state index in [1.165, 1.54) is 25.0 Å². The number of halogens is 1. The van der Waals surface area contributed by atoms with E-state index in [4.69, 9.17) is 11.6 Å². The van der Waals surface area contributed by atoms with Crippen LogP contribution in [0.3, 0.4) is 0 Å². The lowest BCUT2D eigenvalue weighted by molar-refractivity contribution is 0.439. The molecule has 3 nitrogen and oxygen atoms in total. The zero-order valence-electron chi connectivity index (χ0n) is 11.7. The molecule has 0 amide bonds. The third kappa shape index (κ3) is 3.07. The van der Waals surface area contributed by atoms with Crippen LogP contribution in [0, 0.1) is 12.8 Å². The van der Waals surface area contributed by atoms with Gasteiger partial charge in [-0.25, -0.2) is 0 Å². The van der Waals surface area contributed by atoms with E-state index in [1.807, 2.05) is 11.6 Å². The molecule has 1 aliphatic carbocycles. The minimum Gasteiger partial charge on any atom is -0.314 e. The number of rotatable bonds is 7. The van der Waals surface area contributed by atoms with Gasteiger partial charge in [-0.2, -0.15) is 5.10 Å². The van der Waals surface area contributed by atoms with Gasteiger partial charge in [0.25, 0.3) is 0 Å². The first-order valence-electron chi connectivity index (χ1n) is 7.12. The fourth-order valence-corrected chi connectivity index (χ4v) is 2.90. The third-order valence-corrected chi connectivity index (χ3v) is 4.29. The quantitative estimate of drug-likeness (QED) is 0.824. The van der Waals surface area contributed by atoms with Gasteiger partial charge in [0.05, 0.1) is 16.4 Å². The molecular weight excluding hydrogens is 246 g/mol. The Balaban J connectivity index is 1.99. The van der Waals surface area contributed by atoms with E-state index >= 15 is 0 Å². The molecule has 1 heterocycles. The summed E-state index contributed by atoms with van der Waals surface area (Å²) < 4.78 is 2.05. The Morgan fingerprint density at radius 2 is 2.17 bits per heavy atom. The summed E-state index contributed by atoms with van der Waals surface area (Å²) in [5, 5.41) is 8.95. The molecule has 0 bridgehead atoms. The van der Waals surface area contributed by atoms with Gasteiger partial charge in [-0.15, -0.1) is 0 Å². The van der Waals surface area contributed by atoms with Crippen LogP contribution in [0.5, 0.6) is 0 Å². The third-order valence-electron chi connectivity index (χ3n) is 3.80. The molecule has 0 radical (unpaired) electrons. The molecule has 0 aliphatic heterocycles. The summed E-state index contributed by atoms with van der Waals surface area (Å²) in [6.07, 6.45) is 4.97. The normalized spacial score (nSPS) is 17.1. The summed E-state index contributed by atoms with van der Waals surface area (Å²) in [6.45, 7) is 8.25. The van der Waals surface area contributed by atoms with Gasteiger partial charge in [0.15, 0.2) is 0 Å². The van der Waals surface area contributed by atoms with Crippen molar-refractivity contribution in [3.8, 4) is 0 Å². The van der Waals surface area contributed by atoms with Gasteiger partial charge < -0.3 is 5.32 Å². The molecule has 1 N–H and O–H groups in total. The minimum atomic E-state index is 0.659. The lowest BCUT2D eigenvalue weighted by atomic mass is 10.0. The maximum Gasteiger partial charge on any atom is 0.0847 e. The predicted octanol–water partition coefficient (Wildman–Crippen LogP) is 3.19. The van der Waals surface area contributed by atoms with Crippen molar-refractivity contribution in [2.75, 3.05) is 6.54 Å². The first-order chi connectivity index (χ1) is 8.67. The average Bonchev–Trinajstić information content (AvgIpc) is 3.15. The Bertz CT molecular complexity index is 396. The highest BCUT2D eigenvalue weighted by Gasteiger charge is 2.30. The summed E-state index contributed by atoms with van der Waals surface area (Å²) in [5.74, 6) is 0.892. The van der Waals surface area contributed by atoms with Crippen LogP contribution in [0.2, 0.25) is 5.02 Å². The maximum absolute atomic E-state index is 6.34. The molecule has 2 rings (SSSR count). The van der Waals surface area contributed by atoms with Crippen LogP contribution in [-0.4, -0.2) is 22.4 Å². The maximum atomic E-state index is 6.34. The number of hydrogen-bond donors (Lipinski definition) is 1. The van der Waals surface area contributed by atoms with Gasteiger partial charge in [-0.3, -0.25) is 4.68 Å². The Hall–Kier alpha value is -0.540. The van der Waals surface area contributed by atoms with E-state index in [2.05, 4.69) is 24.3 Å². The summed E-state index contributed by atoms with van der Waals surface area (Å²) in [7, 11) is 0. The van der Waals surface area contributed by atoms with Crippen molar-refractivity contribution in [1.29, 1.82) is 0 Å². The molecular formula is C14H24ClN3. The van der Waals surface area contributed by atoms with Gasteiger partial charge in [-0.05, 0) is 52.0 Å². The first-order valence-corrected chi connectivity index (χ1v) is 7.50. The van der Waals surface area contributed by atoms with Gasteiger partial charge >= 0.3 is 0 Å². The zero-order chi connectivity index (χ0) is 13.1. The lowest BCUT2D eigenvalue weighted by Gasteiger charge is -2.17. The molecule has 0 aromatic carbocycles. The minimum absolute atomic E-state index is 0.659. The number of hydrogen-bond acceptors (Lipinski definition) is 2.